The van der Waals surface area contributed by atoms with Crippen LogP contribution in [0.5, 0.6) is 0 Å². The number of rotatable bonds is 8. The summed E-state index contributed by atoms with van der Waals surface area (Å²) in [6.07, 6.45) is 6.90. The van der Waals surface area contributed by atoms with Crippen molar-refractivity contribution in [1.29, 1.82) is 0 Å². The second-order valence-electron chi connectivity index (χ2n) is 6.87. The molecule has 0 spiro atoms. The Morgan fingerprint density at radius 2 is 2.26 bits per heavy atom. The molecule has 3 heterocycles. The average Bonchev–Trinajstić information content (AvgIpc) is 3.15. The highest BCUT2D eigenvalue weighted by atomic mass is 32.2. The molecule has 0 aromatic carbocycles. The maximum absolute atomic E-state index is 12.8. The molecule has 0 saturated carbocycles. The van der Waals surface area contributed by atoms with Crippen molar-refractivity contribution in [2.45, 2.75) is 24.6 Å². The zero-order chi connectivity index (χ0) is 19.3. The number of pyridine rings is 1. The molecule has 3 rings (SSSR count). The van der Waals surface area contributed by atoms with Gasteiger partial charge in [0.05, 0.1) is 23.7 Å². The number of piperidine rings is 1. The van der Waals surface area contributed by atoms with Gasteiger partial charge in [-0.2, -0.15) is 5.10 Å². The Morgan fingerprint density at radius 1 is 1.41 bits per heavy atom. The minimum absolute atomic E-state index is 0.377. The Morgan fingerprint density at radius 3 is 3.00 bits per heavy atom. The summed E-state index contributed by atoms with van der Waals surface area (Å²) in [5.74, 6) is 0. The fraction of sp³-hybridized carbons (Fsp3) is 0.556. The molecule has 2 aromatic rings. The van der Waals surface area contributed by atoms with Gasteiger partial charge >= 0.3 is 0 Å². The van der Waals surface area contributed by atoms with E-state index in [1.165, 1.54) is 4.31 Å². The van der Waals surface area contributed by atoms with Crippen LogP contribution in [0.2, 0.25) is 0 Å². The van der Waals surface area contributed by atoms with Crippen LogP contribution in [0.3, 0.4) is 0 Å². The van der Waals surface area contributed by atoms with E-state index >= 15 is 0 Å². The number of hydrogen-bond acceptors (Lipinski definition) is 6. The van der Waals surface area contributed by atoms with Crippen LogP contribution in [0.25, 0.3) is 11.3 Å². The maximum atomic E-state index is 12.8. The molecule has 0 bridgehead atoms. The third-order valence-corrected chi connectivity index (χ3v) is 7.27. The van der Waals surface area contributed by atoms with E-state index in [1.54, 1.807) is 26.6 Å². The Kier molecular flexibility index (Phi) is 6.59. The van der Waals surface area contributed by atoms with Crippen molar-refractivity contribution in [2.24, 2.45) is 0 Å². The van der Waals surface area contributed by atoms with E-state index < -0.39 is 10.0 Å². The Hall–Kier alpha value is -1.81. The van der Waals surface area contributed by atoms with Gasteiger partial charge in [0.2, 0.25) is 10.0 Å². The monoisotopic (exact) mass is 393 g/mol. The summed E-state index contributed by atoms with van der Waals surface area (Å²) in [5, 5.41) is 6.82. The maximum Gasteiger partial charge on any atom is 0.218 e. The van der Waals surface area contributed by atoms with Gasteiger partial charge in [0.15, 0.2) is 0 Å². The summed E-state index contributed by atoms with van der Waals surface area (Å²) >= 11 is 0. The number of H-pyrrole nitrogens is 1. The van der Waals surface area contributed by atoms with Crippen LogP contribution >= 0.6 is 0 Å². The highest BCUT2D eigenvalue weighted by Crippen LogP contribution is 2.25. The van der Waals surface area contributed by atoms with Gasteiger partial charge in [-0.15, -0.1) is 0 Å². The molecule has 27 heavy (non-hydrogen) atoms. The lowest BCUT2D eigenvalue weighted by atomic mass is 10.1. The quantitative estimate of drug-likeness (QED) is 0.728. The molecule has 1 unspecified atom stereocenters. The highest BCUT2D eigenvalue weighted by molar-refractivity contribution is 7.89. The van der Waals surface area contributed by atoms with E-state index in [0.717, 1.165) is 29.8 Å². The number of aromatic nitrogens is 3. The summed E-state index contributed by atoms with van der Waals surface area (Å²) in [4.78, 5) is 6.36. The molecule has 2 aromatic heterocycles. The van der Waals surface area contributed by atoms with Crippen LogP contribution in [0.1, 0.15) is 18.4 Å². The summed E-state index contributed by atoms with van der Waals surface area (Å²) in [5.41, 5.74) is 2.96. The zero-order valence-electron chi connectivity index (χ0n) is 15.8. The second-order valence-corrected chi connectivity index (χ2v) is 9.19. The van der Waals surface area contributed by atoms with Gasteiger partial charge in [0, 0.05) is 57.3 Å². The largest absolute Gasteiger partial charge is 0.383 e. The van der Waals surface area contributed by atoms with Crippen LogP contribution in [-0.2, 0) is 21.3 Å². The number of hydrogen-bond donors (Lipinski definition) is 1. The second kappa shape index (κ2) is 8.92. The minimum Gasteiger partial charge on any atom is -0.383 e. The summed E-state index contributed by atoms with van der Waals surface area (Å²) in [7, 11) is -0.124. The summed E-state index contributed by atoms with van der Waals surface area (Å²) in [6, 6.07) is 3.87. The molecule has 0 amide bonds. The molecule has 8 nitrogen and oxygen atoms in total. The summed E-state index contributed by atoms with van der Waals surface area (Å²) < 4.78 is 32.1. The minimum atomic E-state index is -3.33. The Labute approximate surface area is 160 Å². The first kappa shape index (κ1) is 19.9. The lowest BCUT2D eigenvalue weighted by Gasteiger charge is -2.34. The van der Waals surface area contributed by atoms with Crippen molar-refractivity contribution in [1.82, 2.24) is 24.4 Å². The number of sulfonamides is 1. The van der Waals surface area contributed by atoms with E-state index in [0.29, 0.717) is 32.7 Å². The normalized spacial score (nSPS) is 18.9. The molecular formula is C18H27N5O3S. The molecule has 1 N–H and O–H groups in total. The summed E-state index contributed by atoms with van der Waals surface area (Å²) in [6.45, 7) is 2.84. The van der Waals surface area contributed by atoms with Gasteiger partial charge in [-0.1, -0.05) is 0 Å². The lowest BCUT2D eigenvalue weighted by Crippen LogP contribution is -2.47. The van der Waals surface area contributed by atoms with Crippen molar-refractivity contribution in [2.75, 3.05) is 40.4 Å². The smallest absolute Gasteiger partial charge is 0.218 e. The van der Waals surface area contributed by atoms with Crippen LogP contribution in [0, 0.1) is 0 Å². The molecular weight excluding hydrogens is 366 g/mol. The van der Waals surface area contributed by atoms with Crippen molar-refractivity contribution in [3.63, 3.8) is 0 Å². The van der Waals surface area contributed by atoms with E-state index in [4.69, 9.17) is 4.74 Å². The predicted molar refractivity (Wildman–Crippen MR) is 104 cm³/mol. The van der Waals surface area contributed by atoms with E-state index in [-0.39, 0.29) is 5.25 Å². The van der Waals surface area contributed by atoms with Crippen molar-refractivity contribution >= 4 is 10.0 Å². The number of likely N-dealkylation sites (tertiary alicyclic amines) is 1. The van der Waals surface area contributed by atoms with E-state index in [2.05, 4.69) is 20.1 Å². The number of nitrogens with zero attached hydrogens (tertiary/aromatic N) is 4. The van der Waals surface area contributed by atoms with Crippen molar-refractivity contribution in [3.05, 3.63) is 36.3 Å². The first-order valence-corrected chi connectivity index (χ1v) is 10.6. The lowest BCUT2D eigenvalue weighted by molar-refractivity contribution is 0.182. The van der Waals surface area contributed by atoms with Crippen LogP contribution < -0.4 is 0 Å². The molecule has 1 aliphatic rings. The van der Waals surface area contributed by atoms with Gasteiger partial charge in [0.25, 0.3) is 0 Å². The SMILES string of the molecule is COCCN(C)S(=O)(=O)C1CCCN(Cc2cn[nH]c2-c2cccnc2)C1. The number of likely N-dealkylation sites (N-methyl/N-ethyl adjacent to an activating group) is 1. The Balaban J connectivity index is 1.69. The third-order valence-electron chi connectivity index (χ3n) is 4.99. The standard InChI is InChI=1S/C18H27N5O3S/c1-22(9-10-26-2)27(24,25)17-6-4-8-23(14-17)13-16-12-20-21-18(16)15-5-3-7-19-11-15/h3,5,7,11-12,17H,4,6,8-10,13-14H2,1-2H3,(H,20,21). The van der Waals surface area contributed by atoms with Crippen LogP contribution in [0.4, 0.5) is 0 Å². The van der Waals surface area contributed by atoms with Gasteiger partial charge in [-0.25, -0.2) is 12.7 Å². The predicted octanol–water partition coefficient (Wildman–Crippen LogP) is 1.34. The average molecular weight is 394 g/mol. The molecule has 1 aliphatic heterocycles. The molecule has 1 fully saturated rings. The number of ether oxygens (including phenoxy) is 1. The third kappa shape index (κ3) is 4.73. The van der Waals surface area contributed by atoms with Crippen LogP contribution in [0.15, 0.2) is 30.7 Å². The number of nitrogens with one attached hydrogen (secondary N) is 1. The molecule has 1 saturated heterocycles. The fourth-order valence-corrected chi connectivity index (χ4v) is 5.14. The van der Waals surface area contributed by atoms with E-state index in [9.17, 15) is 8.42 Å². The van der Waals surface area contributed by atoms with Gasteiger partial charge in [-0.3, -0.25) is 15.0 Å². The first-order valence-electron chi connectivity index (χ1n) is 9.11. The number of aromatic amines is 1. The highest BCUT2D eigenvalue weighted by Gasteiger charge is 2.33. The zero-order valence-corrected chi connectivity index (χ0v) is 16.7. The van der Waals surface area contributed by atoms with Gasteiger partial charge in [-0.05, 0) is 31.5 Å². The van der Waals surface area contributed by atoms with E-state index in [1.807, 2.05) is 18.3 Å². The Bertz CT molecular complexity index is 825. The van der Waals surface area contributed by atoms with Crippen molar-refractivity contribution in [3.8, 4) is 11.3 Å². The molecule has 1 atom stereocenters. The van der Waals surface area contributed by atoms with Crippen LogP contribution in [-0.4, -0.2) is 78.5 Å². The molecule has 148 valence electrons. The van der Waals surface area contributed by atoms with Crippen molar-refractivity contribution < 1.29 is 13.2 Å². The molecule has 9 heteroatoms. The fourth-order valence-electron chi connectivity index (χ4n) is 3.43. The molecule has 0 aliphatic carbocycles. The van der Waals surface area contributed by atoms with Gasteiger partial charge < -0.3 is 4.74 Å². The molecule has 0 radical (unpaired) electrons. The topological polar surface area (TPSA) is 91.4 Å². The number of methoxy groups -OCH3 is 1. The van der Waals surface area contributed by atoms with Gasteiger partial charge in [0.1, 0.15) is 0 Å². The first-order chi connectivity index (χ1) is 13.0.